The summed E-state index contributed by atoms with van der Waals surface area (Å²) in [6.45, 7) is 5.95. The maximum atomic E-state index is 12.5. The highest BCUT2D eigenvalue weighted by Gasteiger charge is 2.33. The van der Waals surface area contributed by atoms with Gasteiger partial charge in [0, 0.05) is 45.0 Å². The highest BCUT2D eigenvalue weighted by atomic mass is 32.2. The number of hydrogen-bond acceptors (Lipinski definition) is 5. The second-order valence-electron chi connectivity index (χ2n) is 7.16. The monoisotopic (exact) mass is 365 g/mol. The highest BCUT2D eigenvalue weighted by Crippen LogP contribution is 2.19. The first-order chi connectivity index (χ1) is 11.8. The average Bonchev–Trinajstić information content (AvgIpc) is 2.94. The maximum absolute atomic E-state index is 12.5. The molecule has 3 rings (SSSR count). The van der Waals surface area contributed by atoms with Crippen molar-refractivity contribution in [1.29, 1.82) is 0 Å². The molecule has 2 saturated heterocycles. The Morgan fingerprint density at radius 1 is 1.24 bits per heavy atom. The van der Waals surface area contributed by atoms with Crippen molar-refractivity contribution in [2.24, 2.45) is 0 Å². The molecule has 138 valence electrons. The van der Waals surface area contributed by atoms with Crippen molar-refractivity contribution in [2.75, 3.05) is 56.2 Å². The Hall–Kier alpha value is -1.60. The molecule has 0 N–H and O–H groups in total. The van der Waals surface area contributed by atoms with E-state index in [0.717, 1.165) is 26.2 Å². The van der Waals surface area contributed by atoms with Gasteiger partial charge in [0.25, 0.3) is 0 Å². The largest absolute Gasteiger partial charge is 0.369 e. The molecule has 1 atom stereocenters. The van der Waals surface area contributed by atoms with Crippen molar-refractivity contribution in [2.45, 2.75) is 19.4 Å². The minimum absolute atomic E-state index is 0.0195. The number of anilines is 1. The van der Waals surface area contributed by atoms with Crippen molar-refractivity contribution >= 4 is 21.4 Å². The van der Waals surface area contributed by atoms with Crippen molar-refractivity contribution in [3.63, 3.8) is 0 Å². The number of amides is 1. The number of piperazine rings is 1. The van der Waals surface area contributed by atoms with E-state index in [4.69, 9.17) is 0 Å². The molecule has 1 unspecified atom stereocenters. The Balaban J connectivity index is 1.49. The quantitative estimate of drug-likeness (QED) is 0.789. The van der Waals surface area contributed by atoms with Crippen LogP contribution in [0.2, 0.25) is 0 Å². The molecule has 7 heteroatoms. The summed E-state index contributed by atoms with van der Waals surface area (Å²) >= 11 is 0. The minimum atomic E-state index is -2.96. The topological polar surface area (TPSA) is 60.9 Å². The number of likely N-dealkylation sites (N-methyl/N-ethyl adjacent to an activating group) is 1. The fourth-order valence-corrected chi connectivity index (χ4v) is 5.35. The number of benzene rings is 1. The third-order valence-corrected chi connectivity index (χ3v) is 7.00. The van der Waals surface area contributed by atoms with E-state index >= 15 is 0 Å². The van der Waals surface area contributed by atoms with Gasteiger partial charge >= 0.3 is 0 Å². The maximum Gasteiger partial charge on any atom is 0.236 e. The lowest BCUT2D eigenvalue weighted by atomic mass is 10.2. The van der Waals surface area contributed by atoms with Crippen LogP contribution in [0.3, 0.4) is 0 Å². The summed E-state index contributed by atoms with van der Waals surface area (Å²) < 4.78 is 23.2. The zero-order chi connectivity index (χ0) is 18.0. The Morgan fingerprint density at radius 2 is 1.96 bits per heavy atom. The molecule has 25 heavy (non-hydrogen) atoms. The van der Waals surface area contributed by atoms with Crippen molar-refractivity contribution in [3.05, 3.63) is 29.8 Å². The molecule has 0 spiro atoms. The van der Waals surface area contributed by atoms with Crippen LogP contribution in [0.25, 0.3) is 0 Å². The number of carbonyl (C=O) groups is 1. The van der Waals surface area contributed by atoms with Gasteiger partial charge in [0.1, 0.15) is 0 Å². The summed E-state index contributed by atoms with van der Waals surface area (Å²) in [7, 11) is -1.23. The van der Waals surface area contributed by atoms with Crippen LogP contribution < -0.4 is 4.90 Å². The van der Waals surface area contributed by atoms with Crippen molar-refractivity contribution < 1.29 is 13.2 Å². The fraction of sp³-hybridized carbons (Fsp3) is 0.611. The normalized spacial score (nSPS) is 23.6. The molecule has 1 aromatic rings. The van der Waals surface area contributed by atoms with Crippen molar-refractivity contribution in [1.82, 2.24) is 9.80 Å². The molecule has 0 bridgehead atoms. The lowest BCUT2D eigenvalue weighted by Gasteiger charge is -2.37. The molecule has 2 fully saturated rings. The van der Waals surface area contributed by atoms with Gasteiger partial charge in [-0.15, -0.1) is 0 Å². The SMILES string of the molecule is Cc1cccc(N2CCN(CC(=O)N(C)C3CCS(=O)(=O)C3)CC2)c1. The predicted octanol–water partition coefficient (Wildman–Crippen LogP) is 0.763. The highest BCUT2D eigenvalue weighted by molar-refractivity contribution is 7.91. The molecule has 2 aliphatic heterocycles. The summed E-state index contributed by atoms with van der Waals surface area (Å²) in [5.41, 5.74) is 2.49. The number of sulfone groups is 1. The van der Waals surface area contributed by atoms with Crippen LogP contribution in [0, 0.1) is 6.92 Å². The van der Waals surface area contributed by atoms with E-state index in [-0.39, 0.29) is 23.5 Å². The number of nitrogens with zero attached hydrogens (tertiary/aromatic N) is 3. The second-order valence-corrected chi connectivity index (χ2v) is 9.39. The molecule has 2 heterocycles. The second kappa shape index (κ2) is 7.33. The minimum Gasteiger partial charge on any atom is -0.369 e. The molecular formula is C18H27N3O3S. The number of hydrogen-bond donors (Lipinski definition) is 0. The van der Waals surface area contributed by atoms with E-state index in [9.17, 15) is 13.2 Å². The molecule has 0 radical (unpaired) electrons. The van der Waals surface area contributed by atoms with Crippen LogP contribution in [0.15, 0.2) is 24.3 Å². The van der Waals surface area contributed by atoms with Crippen LogP contribution in [0.1, 0.15) is 12.0 Å². The molecule has 2 aliphatic rings. The first-order valence-electron chi connectivity index (χ1n) is 8.84. The lowest BCUT2D eigenvalue weighted by Crippen LogP contribution is -2.51. The Morgan fingerprint density at radius 3 is 2.56 bits per heavy atom. The van der Waals surface area contributed by atoms with E-state index < -0.39 is 9.84 Å². The Labute approximate surface area is 150 Å². The van der Waals surface area contributed by atoms with E-state index in [1.165, 1.54) is 11.3 Å². The van der Waals surface area contributed by atoms with E-state index in [0.29, 0.717) is 13.0 Å². The van der Waals surface area contributed by atoms with Gasteiger partial charge in [-0.05, 0) is 31.0 Å². The van der Waals surface area contributed by atoms with Crippen LogP contribution in [-0.2, 0) is 14.6 Å². The van der Waals surface area contributed by atoms with Gasteiger partial charge in [-0.1, -0.05) is 12.1 Å². The van der Waals surface area contributed by atoms with Gasteiger partial charge in [-0.3, -0.25) is 9.69 Å². The molecule has 0 aliphatic carbocycles. The van der Waals surface area contributed by atoms with Crippen LogP contribution in [0.4, 0.5) is 5.69 Å². The molecule has 1 aromatic carbocycles. The third kappa shape index (κ3) is 4.52. The molecule has 1 amide bonds. The molecule has 6 nitrogen and oxygen atoms in total. The molecular weight excluding hydrogens is 338 g/mol. The summed E-state index contributed by atoms with van der Waals surface area (Å²) in [5, 5.41) is 0. The Kier molecular flexibility index (Phi) is 5.34. The van der Waals surface area contributed by atoms with Crippen LogP contribution in [0.5, 0.6) is 0 Å². The summed E-state index contributed by atoms with van der Waals surface area (Å²) in [4.78, 5) is 18.6. The molecule has 0 aromatic heterocycles. The van der Waals surface area contributed by atoms with E-state index in [1.54, 1.807) is 11.9 Å². The number of carbonyl (C=O) groups excluding carboxylic acids is 1. The number of aryl methyl sites for hydroxylation is 1. The first-order valence-corrected chi connectivity index (χ1v) is 10.7. The van der Waals surface area contributed by atoms with E-state index in [1.807, 2.05) is 0 Å². The summed E-state index contributed by atoms with van der Waals surface area (Å²) in [6, 6.07) is 8.32. The average molecular weight is 365 g/mol. The standard InChI is InChI=1S/C18H27N3O3S/c1-15-4-3-5-16(12-15)21-9-7-20(8-10-21)13-18(22)19(2)17-6-11-25(23,24)14-17/h3-5,12,17H,6-11,13-14H2,1-2H3. The number of rotatable bonds is 4. The van der Waals surface area contributed by atoms with Gasteiger partial charge in [-0.2, -0.15) is 0 Å². The van der Waals surface area contributed by atoms with E-state index in [2.05, 4.69) is 41.0 Å². The molecule has 0 saturated carbocycles. The zero-order valence-corrected chi connectivity index (χ0v) is 15.8. The smallest absolute Gasteiger partial charge is 0.236 e. The predicted molar refractivity (Wildman–Crippen MR) is 99.7 cm³/mol. The van der Waals surface area contributed by atoms with Crippen LogP contribution >= 0.6 is 0 Å². The van der Waals surface area contributed by atoms with Crippen LogP contribution in [-0.4, -0.2) is 81.4 Å². The summed E-state index contributed by atoms with van der Waals surface area (Å²) in [5.74, 6) is 0.326. The van der Waals surface area contributed by atoms with Gasteiger partial charge in [0.15, 0.2) is 9.84 Å². The lowest BCUT2D eigenvalue weighted by molar-refractivity contribution is -0.132. The van der Waals surface area contributed by atoms with Gasteiger partial charge < -0.3 is 9.80 Å². The first kappa shape index (κ1) is 18.2. The zero-order valence-electron chi connectivity index (χ0n) is 15.0. The van der Waals surface area contributed by atoms with Gasteiger partial charge in [0.2, 0.25) is 5.91 Å². The van der Waals surface area contributed by atoms with Gasteiger partial charge in [0.05, 0.1) is 18.1 Å². The third-order valence-electron chi connectivity index (χ3n) is 5.25. The summed E-state index contributed by atoms with van der Waals surface area (Å²) in [6.07, 6.45) is 0.561. The Bertz CT molecular complexity index is 727. The van der Waals surface area contributed by atoms with Gasteiger partial charge in [-0.25, -0.2) is 8.42 Å². The van der Waals surface area contributed by atoms with Crippen molar-refractivity contribution in [3.8, 4) is 0 Å². The fourth-order valence-electron chi connectivity index (χ4n) is 3.58.